The van der Waals surface area contributed by atoms with Gasteiger partial charge in [-0.25, -0.2) is 0 Å². The number of nitrogens with one attached hydrogen (secondary N) is 1. The second-order valence-electron chi connectivity index (χ2n) is 5.41. The fourth-order valence-electron chi connectivity index (χ4n) is 2.24. The molecule has 0 aliphatic carbocycles. The summed E-state index contributed by atoms with van der Waals surface area (Å²) in [7, 11) is 1.88. The lowest BCUT2D eigenvalue weighted by molar-refractivity contribution is -0.113. The molecule has 0 fully saturated rings. The Morgan fingerprint density at radius 1 is 1.32 bits per heavy atom. The summed E-state index contributed by atoms with van der Waals surface area (Å²) >= 11 is 4.79. The van der Waals surface area contributed by atoms with Crippen LogP contribution in [0, 0.1) is 6.92 Å². The molecule has 2 aromatic heterocycles. The molecule has 25 heavy (non-hydrogen) atoms. The average Bonchev–Trinajstić information content (AvgIpc) is 2.98. The van der Waals surface area contributed by atoms with Gasteiger partial charge in [0.05, 0.1) is 5.75 Å². The molecule has 0 unspecified atom stereocenters. The van der Waals surface area contributed by atoms with E-state index in [4.69, 9.17) is 0 Å². The molecule has 0 aliphatic rings. The number of anilines is 1. The highest BCUT2D eigenvalue weighted by molar-refractivity contribution is 9.10. The van der Waals surface area contributed by atoms with Crippen molar-refractivity contribution in [3.63, 3.8) is 0 Å². The van der Waals surface area contributed by atoms with E-state index < -0.39 is 0 Å². The first-order valence-electron chi connectivity index (χ1n) is 7.53. The minimum atomic E-state index is -0.0855. The summed E-state index contributed by atoms with van der Waals surface area (Å²) in [5.74, 6) is 0.894. The van der Waals surface area contributed by atoms with E-state index in [0.717, 1.165) is 27.1 Å². The Bertz CT molecular complexity index is 897. The zero-order valence-electron chi connectivity index (χ0n) is 13.7. The summed E-state index contributed by atoms with van der Waals surface area (Å²) in [6, 6.07) is 9.48. The van der Waals surface area contributed by atoms with Gasteiger partial charge in [0.25, 0.3) is 0 Å². The largest absolute Gasteiger partial charge is 0.325 e. The molecule has 0 aliphatic heterocycles. The van der Waals surface area contributed by atoms with Crippen molar-refractivity contribution in [2.45, 2.75) is 12.1 Å². The average molecular weight is 418 g/mol. The SMILES string of the molecule is Cc1cc(NC(=O)CSc2nnc(-c3cccnc3)n2C)ccc1Br. The number of nitrogens with zero attached hydrogens (tertiary/aromatic N) is 4. The zero-order valence-corrected chi connectivity index (χ0v) is 16.1. The number of hydrogen-bond acceptors (Lipinski definition) is 5. The monoisotopic (exact) mass is 417 g/mol. The summed E-state index contributed by atoms with van der Waals surface area (Å²) in [5, 5.41) is 11.9. The molecular formula is C17H16BrN5OS. The minimum Gasteiger partial charge on any atom is -0.325 e. The Hall–Kier alpha value is -2.19. The summed E-state index contributed by atoms with van der Waals surface area (Å²) in [6.07, 6.45) is 3.45. The molecule has 0 spiro atoms. The number of rotatable bonds is 5. The molecule has 6 nitrogen and oxygen atoms in total. The molecule has 3 rings (SSSR count). The van der Waals surface area contributed by atoms with E-state index in [2.05, 4.69) is 36.4 Å². The lowest BCUT2D eigenvalue weighted by atomic mass is 10.2. The molecule has 0 bridgehead atoms. The van der Waals surface area contributed by atoms with Gasteiger partial charge < -0.3 is 9.88 Å². The summed E-state index contributed by atoms with van der Waals surface area (Å²) in [5.41, 5.74) is 2.74. The highest BCUT2D eigenvalue weighted by atomic mass is 79.9. The molecule has 0 saturated heterocycles. The Morgan fingerprint density at radius 2 is 2.16 bits per heavy atom. The van der Waals surface area contributed by atoms with E-state index in [9.17, 15) is 4.79 Å². The maximum atomic E-state index is 12.2. The minimum absolute atomic E-state index is 0.0855. The van der Waals surface area contributed by atoms with Crippen LogP contribution < -0.4 is 5.32 Å². The number of aromatic nitrogens is 4. The summed E-state index contributed by atoms with van der Waals surface area (Å²) in [4.78, 5) is 16.2. The van der Waals surface area contributed by atoms with Crippen molar-refractivity contribution in [3.05, 3.63) is 52.8 Å². The van der Waals surface area contributed by atoms with Gasteiger partial charge in [-0.3, -0.25) is 9.78 Å². The van der Waals surface area contributed by atoms with Crippen LogP contribution in [0.25, 0.3) is 11.4 Å². The van der Waals surface area contributed by atoms with Crippen molar-refractivity contribution < 1.29 is 4.79 Å². The Morgan fingerprint density at radius 3 is 2.88 bits per heavy atom. The lowest BCUT2D eigenvalue weighted by Crippen LogP contribution is -2.14. The van der Waals surface area contributed by atoms with E-state index >= 15 is 0 Å². The van der Waals surface area contributed by atoms with Gasteiger partial charge >= 0.3 is 0 Å². The number of halogens is 1. The first-order chi connectivity index (χ1) is 12.0. The van der Waals surface area contributed by atoms with Crippen LogP contribution >= 0.6 is 27.7 Å². The van der Waals surface area contributed by atoms with Crippen LogP contribution in [-0.2, 0) is 11.8 Å². The number of amides is 1. The van der Waals surface area contributed by atoms with Crippen molar-refractivity contribution in [2.24, 2.45) is 7.05 Å². The second-order valence-corrected chi connectivity index (χ2v) is 7.20. The number of hydrogen-bond donors (Lipinski definition) is 1. The summed E-state index contributed by atoms with van der Waals surface area (Å²) < 4.78 is 2.88. The van der Waals surface area contributed by atoms with Crippen LogP contribution in [0.2, 0.25) is 0 Å². The molecule has 1 N–H and O–H groups in total. The number of pyridine rings is 1. The van der Waals surface area contributed by atoms with Crippen LogP contribution in [0.15, 0.2) is 52.4 Å². The van der Waals surface area contributed by atoms with Gasteiger partial charge in [0.1, 0.15) is 0 Å². The van der Waals surface area contributed by atoms with Crippen molar-refractivity contribution >= 4 is 39.3 Å². The van der Waals surface area contributed by atoms with Crippen LogP contribution in [0.1, 0.15) is 5.56 Å². The number of benzene rings is 1. The van der Waals surface area contributed by atoms with Gasteiger partial charge in [-0.05, 0) is 42.8 Å². The first kappa shape index (κ1) is 17.6. The van der Waals surface area contributed by atoms with E-state index in [0.29, 0.717) is 5.16 Å². The first-order valence-corrected chi connectivity index (χ1v) is 9.31. The fraction of sp³-hybridized carbons (Fsp3) is 0.176. The van der Waals surface area contributed by atoms with Crippen molar-refractivity contribution in [3.8, 4) is 11.4 Å². The molecule has 8 heteroatoms. The molecule has 2 heterocycles. The highest BCUT2D eigenvalue weighted by Gasteiger charge is 2.13. The Kier molecular flexibility index (Phi) is 5.50. The Balaban J connectivity index is 1.63. The Labute approximate surface area is 158 Å². The zero-order chi connectivity index (χ0) is 17.8. The van der Waals surface area contributed by atoms with Crippen LogP contribution in [0.3, 0.4) is 0 Å². The predicted octanol–water partition coefficient (Wildman–Crippen LogP) is 3.68. The third-order valence-corrected chi connectivity index (χ3v) is 5.44. The normalized spacial score (nSPS) is 10.7. The molecule has 0 radical (unpaired) electrons. The molecule has 3 aromatic rings. The van der Waals surface area contributed by atoms with E-state index in [1.807, 2.05) is 48.9 Å². The highest BCUT2D eigenvalue weighted by Crippen LogP contribution is 2.23. The summed E-state index contributed by atoms with van der Waals surface area (Å²) in [6.45, 7) is 1.98. The fourth-order valence-corrected chi connectivity index (χ4v) is 3.19. The van der Waals surface area contributed by atoms with Gasteiger partial charge in [0, 0.05) is 35.2 Å². The maximum absolute atomic E-state index is 12.2. The van der Waals surface area contributed by atoms with Crippen molar-refractivity contribution in [1.82, 2.24) is 19.7 Å². The van der Waals surface area contributed by atoms with Crippen LogP contribution in [0.4, 0.5) is 5.69 Å². The third kappa shape index (κ3) is 4.26. The van der Waals surface area contributed by atoms with Crippen LogP contribution in [-0.4, -0.2) is 31.4 Å². The molecule has 1 aromatic carbocycles. The molecule has 128 valence electrons. The second kappa shape index (κ2) is 7.79. The molecule has 0 saturated carbocycles. The molecule has 1 amide bonds. The van der Waals surface area contributed by atoms with Crippen molar-refractivity contribution in [2.75, 3.05) is 11.1 Å². The van der Waals surface area contributed by atoms with Gasteiger partial charge in [-0.1, -0.05) is 27.7 Å². The smallest absolute Gasteiger partial charge is 0.234 e. The van der Waals surface area contributed by atoms with Gasteiger partial charge in [0.15, 0.2) is 11.0 Å². The van der Waals surface area contributed by atoms with Crippen molar-refractivity contribution in [1.29, 1.82) is 0 Å². The maximum Gasteiger partial charge on any atom is 0.234 e. The quantitative estimate of drug-likeness (QED) is 0.640. The van der Waals surface area contributed by atoms with E-state index in [1.54, 1.807) is 12.4 Å². The number of thioether (sulfide) groups is 1. The van der Waals surface area contributed by atoms with Crippen LogP contribution in [0.5, 0.6) is 0 Å². The van der Waals surface area contributed by atoms with Gasteiger partial charge in [-0.15, -0.1) is 10.2 Å². The number of carbonyl (C=O) groups excluding carboxylic acids is 1. The standard InChI is InChI=1S/C17H16BrN5OS/c1-11-8-13(5-6-14(11)18)20-15(24)10-25-17-22-21-16(23(17)2)12-4-3-7-19-9-12/h3-9H,10H2,1-2H3,(H,20,24). The molecular weight excluding hydrogens is 402 g/mol. The molecule has 0 atom stereocenters. The van der Waals surface area contributed by atoms with E-state index in [1.165, 1.54) is 11.8 Å². The van der Waals surface area contributed by atoms with Gasteiger partial charge in [-0.2, -0.15) is 0 Å². The predicted molar refractivity (Wildman–Crippen MR) is 102 cm³/mol. The number of carbonyl (C=O) groups is 1. The lowest BCUT2D eigenvalue weighted by Gasteiger charge is -2.07. The topological polar surface area (TPSA) is 72.7 Å². The number of aryl methyl sites for hydroxylation is 1. The van der Waals surface area contributed by atoms with Gasteiger partial charge in [0.2, 0.25) is 5.91 Å². The third-order valence-electron chi connectivity index (χ3n) is 3.53. The van der Waals surface area contributed by atoms with E-state index in [-0.39, 0.29) is 11.7 Å².